The molecule has 0 aromatic carbocycles. The summed E-state index contributed by atoms with van der Waals surface area (Å²) in [7, 11) is 0. The highest BCUT2D eigenvalue weighted by atomic mass is 16.6. The van der Waals surface area contributed by atoms with E-state index in [4.69, 9.17) is 10.6 Å². The van der Waals surface area contributed by atoms with E-state index in [2.05, 4.69) is 15.1 Å². The summed E-state index contributed by atoms with van der Waals surface area (Å²) >= 11 is 0. The molecule has 3 N–H and O–H groups in total. The van der Waals surface area contributed by atoms with Crippen molar-refractivity contribution in [3.63, 3.8) is 0 Å². The third kappa shape index (κ3) is 1.96. The normalized spacial score (nSPS) is 11.5. The van der Waals surface area contributed by atoms with Crippen molar-refractivity contribution < 1.29 is 4.84 Å². The first-order valence-corrected chi connectivity index (χ1v) is 3.29. The molecule has 0 amide bonds. The lowest BCUT2D eigenvalue weighted by molar-refractivity contribution is 0.158. The molecule has 0 aliphatic carbocycles. The van der Waals surface area contributed by atoms with Crippen molar-refractivity contribution in [3.05, 3.63) is 18.2 Å². The van der Waals surface area contributed by atoms with E-state index in [0.29, 0.717) is 12.4 Å². The van der Waals surface area contributed by atoms with Crippen LogP contribution in [0.4, 0.5) is 0 Å². The Labute approximate surface area is 64.3 Å². The molecule has 5 heteroatoms. The predicted octanol–water partition coefficient (Wildman–Crippen LogP) is 0.0665. The first-order chi connectivity index (χ1) is 5.34. The van der Waals surface area contributed by atoms with E-state index in [1.54, 1.807) is 12.4 Å². The minimum absolute atomic E-state index is 0.261. The van der Waals surface area contributed by atoms with Crippen LogP contribution in [-0.4, -0.2) is 22.4 Å². The van der Waals surface area contributed by atoms with Gasteiger partial charge in [0, 0.05) is 12.4 Å². The number of rotatable bonds is 3. The minimum atomic E-state index is 0.261. The molecule has 1 aromatic rings. The maximum atomic E-state index is 5.46. The number of oxime groups is 1. The number of hydrogen-bond donors (Lipinski definition) is 2. The van der Waals surface area contributed by atoms with Crippen molar-refractivity contribution in [2.75, 3.05) is 6.61 Å². The quantitative estimate of drug-likeness (QED) is 0.367. The molecule has 0 aliphatic heterocycles. The molecule has 1 aromatic heterocycles. The zero-order chi connectivity index (χ0) is 8.10. The van der Waals surface area contributed by atoms with Gasteiger partial charge in [0.25, 0.3) is 0 Å². The van der Waals surface area contributed by atoms with Crippen LogP contribution in [0.5, 0.6) is 0 Å². The lowest BCUT2D eigenvalue weighted by Crippen LogP contribution is -2.15. The Balaban J connectivity index is 2.62. The molecule has 5 nitrogen and oxygen atoms in total. The number of amidine groups is 1. The zero-order valence-corrected chi connectivity index (χ0v) is 6.24. The summed E-state index contributed by atoms with van der Waals surface area (Å²) in [6.45, 7) is 2.33. The van der Waals surface area contributed by atoms with E-state index in [1.165, 1.54) is 0 Å². The molecular weight excluding hydrogens is 144 g/mol. The molecule has 0 saturated carbocycles. The van der Waals surface area contributed by atoms with Gasteiger partial charge in [-0.1, -0.05) is 5.16 Å². The number of imidazole rings is 1. The van der Waals surface area contributed by atoms with E-state index in [-0.39, 0.29) is 5.84 Å². The van der Waals surface area contributed by atoms with E-state index in [9.17, 15) is 0 Å². The van der Waals surface area contributed by atoms with Crippen LogP contribution in [0.1, 0.15) is 12.7 Å². The van der Waals surface area contributed by atoms with Crippen molar-refractivity contribution in [2.45, 2.75) is 6.92 Å². The van der Waals surface area contributed by atoms with Crippen LogP contribution < -0.4 is 5.73 Å². The summed E-state index contributed by atoms with van der Waals surface area (Å²) in [6, 6.07) is 0. The Morgan fingerprint density at radius 3 is 3.27 bits per heavy atom. The van der Waals surface area contributed by atoms with Gasteiger partial charge in [0.2, 0.25) is 5.84 Å². The van der Waals surface area contributed by atoms with Gasteiger partial charge in [-0.3, -0.25) is 0 Å². The van der Waals surface area contributed by atoms with Gasteiger partial charge in [-0.15, -0.1) is 0 Å². The number of aromatic amines is 1. The van der Waals surface area contributed by atoms with Crippen molar-refractivity contribution in [1.82, 2.24) is 9.97 Å². The number of hydrogen-bond acceptors (Lipinski definition) is 3. The van der Waals surface area contributed by atoms with Crippen LogP contribution in [0.3, 0.4) is 0 Å². The predicted molar refractivity (Wildman–Crippen MR) is 40.9 cm³/mol. The average molecular weight is 154 g/mol. The highest BCUT2D eigenvalue weighted by molar-refractivity contribution is 5.93. The average Bonchev–Trinajstić information content (AvgIpc) is 2.52. The van der Waals surface area contributed by atoms with Crippen LogP contribution in [-0.2, 0) is 4.84 Å². The van der Waals surface area contributed by atoms with Gasteiger partial charge in [-0.05, 0) is 6.92 Å². The molecule has 60 valence electrons. The monoisotopic (exact) mass is 154 g/mol. The van der Waals surface area contributed by atoms with Crippen molar-refractivity contribution >= 4 is 5.84 Å². The summed E-state index contributed by atoms with van der Waals surface area (Å²) in [4.78, 5) is 11.4. The molecule has 0 spiro atoms. The van der Waals surface area contributed by atoms with Crippen LogP contribution in [0.2, 0.25) is 0 Å². The Hall–Kier alpha value is -1.52. The molecule has 0 atom stereocenters. The number of H-pyrrole nitrogens is 1. The van der Waals surface area contributed by atoms with E-state index in [1.807, 2.05) is 6.92 Å². The summed E-state index contributed by atoms with van der Waals surface area (Å²) in [5.74, 6) is 0.787. The first-order valence-electron chi connectivity index (χ1n) is 3.29. The van der Waals surface area contributed by atoms with Gasteiger partial charge < -0.3 is 15.6 Å². The van der Waals surface area contributed by atoms with Gasteiger partial charge in [-0.25, -0.2) is 4.98 Å². The van der Waals surface area contributed by atoms with Gasteiger partial charge in [0.05, 0.1) is 0 Å². The van der Waals surface area contributed by atoms with Crippen LogP contribution in [0.15, 0.2) is 17.5 Å². The molecule has 11 heavy (non-hydrogen) atoms. The van der Waals surface area contributed by atoms with E-state index >= 15 is 0 Å². The molecule has 0 aliphatic rings. The minimum Gasteiger partial charge on any atom is -0.394 e. The summed E-state index contributed by atoms with van der Waals surface area (Å²) in [6.07, 6.45) is 3.27. The van der Waals surface area contributed by atoms with Crippen LogP contribution in [0.25, 0.3) is 0 Å². The molecule has 0 fully saturated rings. The fraction of sp³-hybridized carbons (Fsp3) is 0.333. The van der Waals surface area contributed by atoms with E-state index in [0.717, 1.165) is 0 Å². The fourth-order valence-electron chi connectivity index (χ4n) is 0.583. The third-order valence-corrected chi connectivity index (χ3v) is 1.03. The second-order valence-corrected chi connectivity index (χ2v) is 1.83. The van der Waals surface area contributed by atoms with Gasteiger partial charge >= 0.3 is 0 Å². The molecule has 0 saturated heterocycles. The number of nitrogens with one attached hydrogen (secondary N) is 1. The van der Waals surface area contributed by atoms with Crippen molar-refractivity contribution in [3.8, 4) is 0 Å². The zero-order valence-electron chi connectivity index (χ0n) is 6.24. The topological polar surface area (TPSA) is 76.3 Å². The lowest BCUT2D eigenvalue weighted by atomic mass is 10.6. The Morgan fingerprint density at radius 1 is 1.91 bits per heavy atom. The Morgan fingerprint density at radius 2 is 2.73 bits per heavy atom. The maximum Gasteiger partial charge on any atom is 0.206 e. The Bertz CT molecular complexity index is 229. The number of aromatic nitrogens is 2. The molecule has 1 heterocycles. The van der Waals surface area contributed by atoms with Gasteiger partial charge in [0.1, 0.15) is 6.61 Å². The fourth-order valence-corrected chi connectivity index (χ4v) is 0.583. The highest BCUT2D eigenvalue weighted by Gasteiger charge is 1.98. The third-order valence-electron chi connectivity index (χ3n) is 1.03. The van der Waals surface area contributed by atoms with Crippen molar-refractivity contribution in [2.24, 2.45) is 10.9 Å². The molecule has 0 bridgehead atoms. The number of nitrogens with zero attached hydrogens (tertiary/aromatic N) is 2. The van der Waals surface area contributed by atoms with Gasteiger partial charge in [-0.2, -0.15) is 0 Å². The highest BCUT2D eigenvalue weighted by Crippen LogP contribution is 1.87. The SMILES string of the molecule is CCON=C(N)c1ncc[nH]1. The molecule has 0 radical (unpaired) electrons. The molecular formula is C6H10N4O. The second kappa shape index (κ2) is 3.60. The largest absolute Gasteiger partial charge is 0.394 e. The van der Waals surface area contributed by atoms with Crippen molar-refractivity contribution in [1.29, 1.82) is 0 Å². The lowest BCUT2D eigenvalue weighted by Gasteiger charge is -1.94. The van der Waals surface area contributed by atoms with E-state index < -0.39 is 0 Å². The molecule has 1 rings (SSSR count). The summed E-state index contributed by atoms with van der Waals surface area (Å²) in [5, 5.41) is 3.59. The smallest absolute Gasteiger partial charge is 0.206 e. The standard InChI is InChI=1S/C6H10N4O/c1-2-11-10-5(7)6-8-3-4-9-6/h3-4H,2H2,1H3,(H2,7,10)(H,8,9). The Kier molecular flexibility index (Phi) is 2.48. The van der Waals surface area contributed by atoms with Crippen LogP contribution in [0, 0.1) is 0 Å². The summed E-state index contributed by atoms with van der Waals surface area (Å²) in [5.41, 5.74) is 5.46. The first kappa shape index (κ1) is 7.59. The van der Waals surface area contributed by atoms with Crippen LogP contribution >= 0.6 is 0 Å². The van der Waals surface area contributed by atoms with Gasteiger partial charge in [0.15, 0.2) is 5.82 Å². The second-order valence-electron chi connectivity index (χ2n) is 1.83. The molecule has 0 unspecified atom stereocenters. The summed E-state index contributed by atoms with van der Waals surface area (Å²) < 4.78 is 0. The number of nitrogens with two attached hydrogens (primary N) is 1. The maximum absolute atomic E-state index is 5.46.